The fourth-order valence-electron chi connectivity index (χ4n) is 5.29. The SMILES string of the molecule is COc1cc(COc2cccc([C@@H](NC(=O)O[C@H]3CN4CCC3CC4)c3ccccc3)c2)ccc1C(=O)O. The largest absolute Gasteiger partial charge is 0.496 e. The predicted octanol–water partition coefficient (Wildman–Crippen LogP) is 4.88. The van der Waals surface area contributed by atoms with Crippen LogP contribution in [-0.4, -0.2) is 54.9 Å². The molecule has 3 fully saturated rings. The summed E-state index contributed by atoms with van der Waals surface area (Å²) in [6, 6.07) is 21.8. The summed E-state index contributed by atoms with van der Waals surface area (Å²) in [5, 5.41) is 12.4. The number of hydrogen-bond acceptors (Lipinski definition) is 6. The number of fused-ring (bicyclic) bond motifs is 3. The number of aromatic carboxylic acids is 1. The van der Waals surface area contributed by atoms with Crippen molar-refractivity contribution in [2.45, 2.75) is 31.6 Å². The first-order valence-electron chi connectivity index (χ1n) is 12.9. The first kappa shape index (κ1) is 25.6. The number of rotatable bonds is 9. The van der Waals surface area contributed by atoms with Crippen LogP contribution in [0.15, 0.2) is 72.8 Å². The van der Waals surface area contributed by atoms with E-state index in [4.69, 9.17) is 14.2 Å². The Morgan fingerprint density at radius 3 is 2.45 bits per heavy atom. The molecule has 198 valence electrons. The molecular formula is C30H32N2O6. The summed E-state index contributed by atoms with van der Waals surface area (Å²) in [5.41, 5.74) is 2.67. The standard InChI is InChI=1S/C30H32N2O6/c1-36-26-16-20(10-11-25(26)29(33)34)19-37-24-9-5-8-23(17-24)28(22-6-3-2-4-7-22)31-30(35)38-27-18-32-14-12-21(27)13-15-32/h2-11,16-17,21,27-28H,12-15,18-19H2,1H3,(H,31,35)(H,33,34)/t27-,28-/m0/s1. The molecule has 3 aliphatic rings. The smallest absolute Gasteiger partial charge is 0.408 e. The highest BCUT2D eigenvalue weighted by molar-refractivity contribution is 5.91. The number of nitrogens with one attached hydrogen (secondary N) is 1. The van der Waals surface area contributed by atoms with Crippen molar-refractivity contribution in [3.05, 3.63) is 95.1 Å². The first-order chi connectivity index (χ1) is 18.5. The van der Waals surface area contributed by atoms with E-state index in [-0.39, 0.29) is 24.0 Å². The van der Waals surface area contributed by atoms with Crippen LogP contribution in [0, 0.1) is 5.92 Å². The van der Waals surface area contributed by atoms with E-state index >= 15 is 0 Å². The second-order valence-electron chi connectivity index (χ2n) is 9.77. The Labute approximate surface area is 222 Å². The number of ether oxygens (including phenoxy) is 3. The van der Waals surface area contributed by atoms with Crippen LogP contribution in [0.1, 0.15) is 45.9 Å². The van der Waals surface area contributed by atoms with Gasteiger partial charge in [0, 0.05) is 6.54 Å². The van der Waals surface area contributed by atoms with Crippen molar-refractivity contribution >= 4 is 12.1 Å². The molecule has 0 radical (unpaired) electrons. The topological polar surface area (TPSA) is 97.3 Å². The highest BCUT2D eigenvalue weighted by atomic mass is 16.6. The molecule has 2 bridgehead atoms. The molecule has 6 rings (SSSR count). The molecular weight excluding hydrogens is 484 g/mol. The summed E-state index contributed by atoms with van der Waals surface area (Å²) in [5.74, 6) is 0.286. The lowest BCUT2D eigenvalue weighted by Crippen LogP contribution is -2.52. The van der Waals surface area contributed by atoms with E-state index in [0.717, 1.165) is 49.2 Å². The maximum absolute atomic E-state index is 13.0. The minimum atomic E-state index is -1.05. The molecule has 8 nitrogen and oxygen atoms in total. The van der Waals surface area contributed by atoms with Crippen LogP contribution in [0.25, 0.3) is 0 Å². The Morgan fingerprint density at radius 1 is 1.00 bits per heavy atom. The lowest BCUT2D eigenvalue weighted by atomic mass is 9.86. The third kappa shape index (κ3) is 5.92. The molecule has 2 atom stereocenters. The van der Waals surface area contributed by atoms with Crippen LogP contribution in [-0.2, 0) is 11.3 Å². The number of carboxylic acid groups (broad SMARTS) is 1. The molecule has 0 saturated carbocycles. The summed E-state index contributed by atoms with van der Waals surface area (Å²) in [6.45, 7) is 3.20. The van der Waals surface area contributed by atoms with Gasteiger partial charge in [0.05, 0.1) is 13.2 Å². The van der Waals surface area contributed by atoms with E-state index in [0.29, 0.717) is 11.7 Å². The Hall–Kier alpha value is -4.04. The van der Waals surface area contributed by atoms with Crippen LogP contribution in [0.5, 0.6) is 11.5 Å². The summed E-state index contributed by atoms with van der Waals surface area (Å²) in [6.07, 6.45) is 1.65. The van der Waals surface area contributed by atoms with E-state index in [2.05, 4.69) is 10.2 Å². The molecule has 8 heteroatoms. The molecule has 0 aliphatic carbocycles. The van der Waals surface area contributed by atoms with Gasteiger partial charge in [0.1, 0.15) is 29.8 Å². The van der Waals surface area contributed by atoms with Crippen molar-refractivity contribution in [3.8, 4) is 11.5 Å². The van der Waals surface area contributed by atoms with E-state index < -0.39 is 18.1 Å². The molecule has 0 spiro atoms. The maximum atomic E-state index is 13.0. The number of piperidine rings is 3. The highest BCUT2D eigenvalue weighted by Crippen LogP contribution is 2.31. The fourth-order valence-corrected chi connectivity index (χ4v) is 5.29. The number of hydrogen-bond donors (Lipinski definition) is 2. The maximum Gasteiger partial charge on any atom is 0.408 e. The molecule has 38 heavy (non-hydrogen) atoms. The number of carbonyl (C=O) groups excluding carboxylic acids is 1. The number of amides is 1. The number of nitrogens with zero attached hydrogens (tertiary/aromatic N) is 1. The number of methoxy groups -OCH3 is 1. The zero-order valence-corrected chi connectivity index (χ0v) is 21.3. The van der Waals surface area contributed by atoms with Crippen LogP contribution in [0.4, 0.5) is 4.79 Å². The van der Waals surface area contributed by atoms with E-state index in [9.17, 15) is 14.7 Å². The zero-order chi connectivity index (χ0) is 26.5. The van der Waals surface area contributed by atoms with Crippen molar-refractivity contribution in [1.29, 1.82) is 0 Å². The number of benzene rings is 3. The zero-order valence-electron chi connectivity index (χ0n) is 21.3. The Balaban J connectivity index is 1.30. The van der Waals surface area contributed by atoms with Crippen LogP contribution >= 0.6 is 0 Å². The van der Waals surface area contributed by atoms with Crippen LogP contribution in [0.2, 0.25) is 0 Å². The summed E-state index contributed by atoms with van der Waals surface area (Å²) in [7, 11) is 1.44. The molecule has 3 aliphatic heterocycles. The normalized spacial score (nSPS) is 20.8. The van der Waals surface area contributed by atoms with Gasteiger partial charge in [-0.15, -0.1) is 0 Å². The van der Waals surface area contributed by atoms with E-state index in [1.54, 1.807) is 12.1 Å². The van der Waals surface area contributed by atoms with Gasteiger partial charge in [-0.25, -0.2) is 9.59 Å². The minimum absolute atomic E-state index is 0.0758. The monoisotopic (exact) mass is 516 g/mol. The van der Waals surface area contributed by atoms with Crippen LogP contribution < -0.4 is 14.8 Å². The third-order valence-electron chi connectivity index (χ3n) is 7.34. The summed E-state index contributed by atoms with van der Waals surface area (Å²) in [4.78, 5) is 26.8. The summed E-state index contributed by atoms with van der Waals surface area (Å²) >= 11 is 0. The molecule has 3 aromatic rings. The molecule has 0 aromatic heterocycles. The van der Waals surface area contributed by atoms with Crippen molar-refractivity contribution < 1.29 is 28.9 Å². The van der Waals surface area contributed by atoms with Gasteiger partial charge in [0.15, 0.2) is 0 Å². The van der Waals surface area contributed by atoms with Gasteiger partial charge < -0.3 is 24.6 Å². The van der Waals surface area contributed by atoms with Crippen molar-refractivity contribution in [2.75, 3.05) is 26.7 Å². The van der Waals surface area contributed by atoms with Gasteiger partial charge >= 0.3 is 12.1 Å². The number of carbonyl (C=O) groups is 2. The van der Waals surface area contributed by atoms with Gasteiger partial charge in [-0.05, 0) is 72.8 Å². The lowest BCUT2D eigenvalue weighted by molar-refractivity contribution is -0.0336. The van der Waals surface area contributed by atoms with Crippen LogP contribution in [0.3, 0.4) is 0 Å². The average Bonchev–Trinajstić information content (AvgIpc) is 2.96. The summed E-state index contributed by atoms with van der Waals surface area (Å²) < 4.78 is 17.1. The second-order valence-corrected chi connectivity index (χ2v) is 9.77. The van der Waals surface area contributed by atoms with Crippen molar-refractivity contribution in [2.24, 2.45) is 5.92 Å². The third-order valence-corrected chi connectivity index (χ3v) is 7.34. The Bertz CT molecular complexity index is 1270. The average molecular weight is 517 g/mol. The van der Waals surface area contributed by atoms with E-state index in [1.807, 2.05) is 54.6 Å². The molecule has 3 saturated heterocycles. The Kier molecular flexibility index (Phi) is 7.79. The molecule has 3 heterocycles. The number of alkyl carbamates (subject to hydrolysis) is 1. The molecule has 3 aromatic carbocycles. The highest BCUT2D eigenvalue weighted by Gasteiger charge is 2.36. The predicted molar refractivity (Wildman–Crippen MR) is 142 cm³/mol. The first-order valence-corrected chi connectivity index (χ1v) is 12.9. The van der Waals surface area contributed by atoms with Crippen molar-refractivity contribution in [1.82, 2.24) is 10.2 Å². The van der Waals surface area contributed by atoms with Gasteiger partial charge in [-0.3, -0.25) is 4.90 Å². The van der Waals surface area contributed by atoms with Gasteiger partial charge in [0.2, 0.25) is 0 Å². The van der Waals surface area contributed by atoms with Gasteiger partial charge in [0.25, 0.3) is 0 Å². The molecule has 1 amide bonds. The van der Waals surface area contributed by atoms with Gasteiger partial charge in [-0.1, -0.05) is 48.5 Å². The second kappa shape index (κ2) is 11.6. The van der Waals surface area contributed by atoms with E-state index in [1.165, 1.54) is 13.2 Å². The Morgan fingerprint density at radius 2 is 1.76 bits per heavy atom. The fraction of sp³-hybridized carbons (Fsp3) is 0.333. The van der Waals surface area contributed by atoms with Gasteiger partial charge in [-0.2, -0.15) is 0 Å². The molecule has 2 N–H and O–H groups in total. The molecule has 0 unspecified atom stereocenters. The van der Waals surface area contributed by atoms with Crippen molar-refractivity contribution in [3.63, 3.8) is 0 Å². The number of carboxylic acids is 1. The quantitative estimate of drug-likeness (QED) is 0.418. The lowest BCUT2D eigenvalue weighted by Gasteiger charge is -2.43. The minimum Gasteiger partial charge on any atom is -0.496 e.